The molecule has 1 saturated heterocycles. The number of carbonyl (C=O) groups excluding carboxylic acids is 1. The summed E-state index contributed by atoms with van der Waals surface area (Å²) in [6.45, 7) is 0. The van der Waals surface area contributed by atoms with Crippen LogP contribution in [0.5, 0.6) is 0 Å². The quantitative estimate of drug-likeness (QED) is 0.503. The van der Waals surface area contributed by atoms with Gasteiger partial charge in [-0.2, -0.15) is 0 Å². The molecule has 2 aliphatic heterocycles. The molecule has 3 atom stereocenters. The van der Waals surface area contributed by atoms with Crippen molar-refractivity contribution < 1.29 is 19.0 Å². The van der Waals surface area contributed by atoms with Gasteiger partial charge in [0.1, 0.15) is 0 Å². The van der Waals surface area contributed by atoms with Gasteiger partial charge < -0.3 is 14.2 Å². The zero-order chi connectivity index (χ0) is 7.84. The molecule has 2 rings (SSSR count). The van der Waals surface area contributed by atoms with E-state index in [1.54, 1.807) is 6.26 Å². The molecule has 0 N–H and O–H groups in total. The van der Waals surface area contributed by atoms with Crippen molar-refractivity contribution >= 4 is 5.97 Å². The number of hydrogen-bond acceptors (Lipinski definition) is 4. The average Bonchev–Trinajstić information content (AvgIpc) is 2.32. The Morgan fingerprint density at radius 2 is 2.45 bits per heavy atom. The van der Waals surface area contributed by atoms with Gasteiger partial charge in [-0.1, -0.05) is 0 Å². The van der Waals surface area contributed by atoms with Gasteiger partial charge in [-0.25, -0.2) is 4.79 Å². The van der Waals surface area contributed by atoms with Gasteiger partial charge in [-0.3, -0.25) is 0 Å². The third-order valence-corrected chi connectivity index (χ3v) is 1.89. The van der Waals surface area contributed by atoms with E-state index in [0.717, 1.165) is 0 Å². The van der Waals surface area contributed by atoms with Crippen molar-refractivity contribution in [1.82, 2.24) is 0 Å². The predicted molar refractivity (Wildman–Crippen MR) is 34.4 cm³/mol. The van der Waals surface area contributed by atoms with E-state index < -0.39 is 6.10 Å². The second-order valence-electron chi connectivity index (χ2n) is 2.49. The maximum atomic E-state index is 10.9. The molecule has 0 bridgehead atoms. The molecular formula is C7H8O4. The van der Waals surface area contributed by atoms with Crippen molar-refractivity contribution in [3.8, 4) is 0 Å². The molecule has 4 nitrogen and oxygen atoms in total. The number of hydrogen-bond donors (Lipinski definition) is 0. The molecule has 0 saturated carbocycles. The fourth-order valence-electron chi connectivity index (χ4n) is 1.24. The van der Waals surface area contributed by atoms with Gasteiger partial charge >= 0.3 is 5.97 Å². The lowest BCUT2D eigenvalue weighted by atomic mass is 9.97. The van der Waals surface area contributed by atoms with Crippen LogP contribution >= 0.6 is 0 Å². The maximum Gasteiger partial charge on any atom is 0.336 e. The Balaban J connectivity index is 1.99. The van der Waals surface area contributed by atoms with Gasteiger partial charge in [0.05, 0.1) is 19.3 Å². The molecule has 1 fully saturated rings. The fraction of sp³-hybridized carbons (Fsp3) is 0.571. The summed E-state index contributed by atoms with van der Waals surface area (Å²) in [7, 11) is 1.35. The Hall–Kier alpha value is -1.03. The topological polar surface area (TPSA) is 44.8 Å². The highest BCUT2D eigenvalue weighted by atomic mass is 16.7. The first kappa shape index (κ1) is 6.67. The molecule has 0 amide bonds. The van der Waals surface area contributed by atoms with E-state index in [9.17, 15) is 4.79 Å². The molecule has 2 aliphatic rings. The van der Waals surface area contributed by atoms with Crippen LogP contribution in [0.3, 0.4) is 0 Å². The molecule has 0 aromatic rings. The van der Waals surface area contributed by atoms with Gasteiger partial charge in [0.25, 0.3) is 0 Å². The van der Waals surface area contributed by atoms with E-state index in [0.29, 0.717) is 0 Å². The monoisotopic (exact) mass is 156 g/mol. The lowest BCUT2D eigenvalue weighted by Crippen LogP contribution is -2.51. The summed E-state index contributed by atoms with van der Waals surface area (Å²) in [4.78, 5) is 10.9. The van der Waals surface area contributed by atoms with E-state index >= 15 is 0 Å². The van der Waals surface area contributed by atoms with E-state index in [-0.39, 0.29) is 18.2 Å². The molecular weight excluding hydrogens is 148 g/mol. The molecule has 0 radical (unpaired) electrons. The minimum absolute atomic E-state index is 0.0578. The average molecular weight is 156 g/mol. The zero-order valence-corrected chi connectivity index (χ0v) is 6.02. The van der Waals surface area contributed by atoms with Crippen molar-refractivity contribution in [2.45, 2.75) is 12.4 Å². The first-order valence-corrected chi connectivity index (χ1v) is 3.38. The molecule has 0 aromatic carbocycles. The summed E-state index contributed by atoms with van der Waals surface area (Å²) in [5.41, 5.74) is 0. The van der Waals surface area contributed by atoms with Crippen LogP contribution in [-0.2, 0) is 19.0 Å². The predicted octanol–water partition coefficient (Wildman–Crippen LogP) is 0.0444. The Kier molecular flexibility index (Phi) is 1.35. The van der Waals surface area contributed by atoms with E-state index in [2.05, 4.69) is 4.74 Å². The number of fused-ring (bicyclic) bond motifs is 1. The second kappa shape index (κ2) is 2.23. The molecule has 4 heteroatoms. The molecule has 60 valence electrons. The Labute approximate surface area is 63.7 Å². The first-order chi connectivity index (χ1) is 5.33. The highest BCUT2D eigenvalue weighted by Crippen LogP contribution is 2.35. The van der Waals surface area contributed by atoms with Crippen LogP contribution < -0.4 is 0 Å². The number of rotatable bonds is 1. The lowest BCUT2D eigenvalue weighted by molar-refractivity contribution is -0.256. The molecule has 2 heterocycles. The van der Waals surface area contributed by atoms with Crippen LogP contribution in [0.4, 0.5) is 0 Å². The van der Waals surface area contributed by atoms with Gasteiger partial charge in [0.15, 0.2) is 6.10 Å². The summed E-state index contributed by atoms with van der Waals surface area (Å²) in [6, 6.07) is 0. The van der Waals surface area contributed by atoms with Crippen LogP contribution in [0.15, 0.2) is 12.3 Å². The maximum absolute atomic E-state index is 10.9. The van der Waals surface area contributed by atoms with Gasteiger partial charge in [-0.05, 0) is 6.08 Å². The summed E-state index contributed by atoms with van der Waals surface area (Å²) < 4.78 is 14.5. The van der Waals surface area contributed by atoms with Crippen LogP contribution in [0.2, 0.25) is 0 Å². The van der Waals surface area contributed by atoms with Crippen LogP contribution in [0.1, 0.15) is 0 Å². The van der Waals surface area contributed by atoms with Crippen molar-refractivity contribution in [2.24, 2.45) is 5.92 Å². The zero-order valence-electron chi connectivity index (χ0n) is 6.02. The normalized spacial score (nSPS) is 38.8. The van der Waals surface area contributed by atoms with E-state index in [1.165, 1.54) is 7.11 Å². The number of ether oxygens (including phenoxy) is 3. The Morgan fingerprint density at radius 3 is 3.09 bits per heavy atom. The minimum atomic E-state index is -0.455. The molecule has 0 aromatic heterocycles. The fourth-order valence-corrected chi connectivity index (χ4v) is 1.24. The first-order valence-electron chi connectivity index (χ1n) is 3.38. The molecule has 0 aliphatic carbocycles. The summed E-state index contributed by atoms with van der Waals surface area (Å²) in [6.07, 6.45) is 2.66. The van der Waals surface area contributed by atoms with E-state index in [1.807, 2.05) is 6.08 Å². The number of methoxy groups -OCH3 is 1. The van der Waals surface area contributed by atoms with Crippen molar-refractivity contribution in [3.05, 3.63) is 12.3 Å². The largest absolute Gasteiger partial charge is 0.472 e. The molecule has 3 unspecified atom stereocenters. The number of esters is 1. The van der Waals surface area contributed by atoms with Crippen LogP contribution in [0, 0.1) is 5.92 Å². The minimum Gasteiger partial charge on any atom is -0.472 e. The second-order valence-corrected chi connectivity index (χ2v) is 2.49. The van der Waals surface area contributed by atoms with Crippen molar-refractivity contribution in [3.63, 3.8) is 0 Å². The van der Waals surface area contributed by atoms with Crippen molar-refractivity contribution in [1.29, 1.82) is 0 Å². The highest BCUT2D eigenvalue weighted by Gasteiger charge is 2.49. The van der Waals surface area contributed by atoms with Crippen molar-refractivity contribution in [2.75, 3.05) is 7.11 Å². The third kappa shape index (κ3) is 0.826. The molecule has 0 spiro atoms. The molecule has 11 heavy (non-hydrogen) atoms. The summed E-state index contributed by atoms with van der Waals surface area (Å²) in [5, 5.41) is 0. The summed E-state index contributed by atoms with van der Waals surface area (Å²) >= 11 is 0. The van der Waals surface area contributed by atoms with Gasteiger partial charge in [-0.15, -0.1) is 0 Å². The standard InChI is InChI=1S/C7H8O4/c1-9-6(8)5-4-2-3-10-7(4)11-5/h2-5,7H,1H3. The Bertz CT molecular complexity index is 210. The third-order valence-electron chi connectivity index (χ3n) is 1.89. The van der Waals surface area contributed by atoms with Crippen LogP contribution in [0.25, 0.3) is 0 Å². The highest BCUT2D eigenvalue weighted by molar-refractivity contribution is 5.76. The van der Waals surface area contributed by atoms with E-state index in [4.69, 9.17) is 9.47 Å². The smallest absolute Gasteiger partial charge is 0.336 e. The SMILES string of the molecule is COC(=O)C1OC2OC=CC21. The Morgan fingerprint density at radius 1 is 1.64 bits per heavy atom. The summed E-state index contributed by atoms with van der Waals surface area (Å²) in [5.74, 6) is -0.274. The number of carbonyl (C=O) groups is 1. The van der Waals surface area contributed by atoms with Gasteiger partial charge in [0, 0.05) is 0 Å². The lowest BCUT2D eigenvalue weighted by Gasteiger charge is -2.35. The van der Waals surface area contributed by atoms with Crippen LogP contribution in [-0.4, -0.2) is 25.5 Å². The van der Waals surface area contributed by atoms with Gasteiger partial charge in [0.2, 0.25) is 6.29 Å².